The van der Waals surface area contributed by atoms with Gasteiger partial charge in [0.15, 0.2) is 5.82 Å². The molecule has 5 nitrogen and oxygen atoms in total. The lowest BCUT2D eigenvalue weighted by molar-refractivity contribution is -0.136. The monoisotopic (exact) mass is 223 g/mol. The van der Waals surface area contributed by atoms with Crippen molar-refractivity contribution in [2.24, 2.45) is 7.05 Å². The molecule has 1 N–H and O–H groups in total. The van der Waals surface area contributed by atoms with E-state index in [9.17, 15) is 4.79 Å². The van der Waals surface area contributed by atoms with Crippen LogP contribution in [-0.2, 0) is 18.3 Å². The highest BCUT2D eigenvalue weighted by Gasteiger charge is 2.10. The zero-order chi connectivity index (χ0) is 10.8. The molecule has 0 aliphatic carbocycles. The maximum atomic E-state index is 10.5. The standard InChI is InChI=1S/C9H9N3O2S/c1-12-3-2-10-9(12)6-5-15-7(11-6)4-8(13)14/h2-3,5H,4H2,1H3,(H,13,14). The van der Waals surface area contributed by atoms with E-state index in [1.807, 2.05) is 23.2 Å². The van der Waals surface area contributed by atoms with Crippen LogP contribution in [-0.4, -0.2) is 25.6 Å². The zero-order valence-corrected chi connectivity index (χ0v) is 8.86. The van der Waals surface area contributed by atoms with Gasteiger partial charge in [0.1, 0.15) is 10.7 Å². The Morgan fingerprint density at radius 1 is 1.67 bits per heavy atom. The van der Waals surface area contributed by atoms with Crippen LogP contribution >= 0.6 is 11.3 Å². The second-order valence-corrected chi connectivity index (χ2v) is 4.00. The summed E-state index contributed by atoms with van der Waals surface area (Å²) in [7, 11) is 1.87. The van der Waals surface area contributed by atoms with Crippen molar-refractivity contribution < 1.29 is 9.90 Å². The largest absolute Gasteiger partial charge is 0.481 e. The summed E-state index contributed by atoms with van der Waals surface area (Å²) in [5, 5.41) is 11.0. The number of aromatic nitrogens is 3. The molecule has 0 atom stereocenters. The van der Waals surface area contributed by atoms with Gasteiger partial charge in [0, 0.05) is 24.8 Å². The Morgan fingerprint density at radius 2 is 2.47 bits per heavy atom. The van der Waals surface area contributed by atoms with E-state index < -0.39 is 5.97 Å². The Morgan fingerprint density at radius 3 is 3.07 bits per heavy atom. The molecule has 0 unspecified atom stereocenters. The van der Waals surface area contributed by atoms with Gasteiger partial charge in [-0.25, -0.2) is 9.97 Å². The van der Waals surface area contributed by atoms with Crippen LogP contribution < -0.4 is 0 Å². The molecule has 0 aliphatic heterocycles. The molecule has 78 valence electrons. The first kappa shape index (κ1) is 9.85. The number of carbonyl (C=O) groups is 1. The number of rotatable bonds is 3. The third-order valence-corrected chi connectivity index (χ3v) is 2.75. The minimum absolute atomic E-state index is 0.0326. The van der Waals surface area contributed by atoms with Gasteiger partial charge in [-0.3, -0.25) is 4.79 Å². The third kappa shape index (κ3) is 2.04. The van der Waals surface area contributed by atoms with Crippen LogP contribution in [0, 0.1) is 0 Å². The Kier molecular flexibility index (Phi) is 2.51. The first-order valence-electron chi connectivity index (χ1n) is 4.30. The van der Waals surface area contributed by atoms with Crippen molar-refractivity contribution in [3.8, 4) is 11.5 Å². The Balaban J connectivity index is 2.28. The summed E-state index contributed by atoms with van der Waals surface area (Å²) >= 11 is 1.34. The zero-order valence-electron chi connectivity index (χ0n) is 8.04. The molecule has 0 aromatic carbocycles. The van der Waals surface area contributed by atoms with Gasteiger partial charge in [-0.1, -0.05) is 0 Å². The Bertz CT molecular complexity index is 489. The van der Waals surface area contributed by atoms with E-state index >= 15 is 0 Å². The number of hydrogen-bond acceptors (Lipinski definition) is 4. The average Bonchev–Trinajstić information content (AvgIpc) is 2.72. The lowest BCUT2D eigenvalue weighted by atomic mass is 10.4. The highest BCUT2D eigenvalue weighted by molar-refractivity contribution is 7.10. The number of carboxylic acids is 1. The van der Waals surface area contributed by atoms with E-state index in [1.54, 1.807) is 6.20 Å². The van der Waals surface area contributed by atoms with Crippen molar-refractivity contribution in [1.82, 2.24) is 14.5 Å². The van der Waals surface area contributed by atoms with Crippen LogP contribution in [0.25, 0.3) is 11.5 Å². The molecule has 0 saturated carbocycles. The van der Waals surface area contributed by atoms with E-state index in [-0.39, 0.29) is 6.42 Å². The number of hydrogen-bond donors (Lipinski definition) is 1. The van der Waals surface area contributed by atoms with E-state index in [1.165, 1.54) is 11.3 Å². The summed E-state index contributed by atoms with van der Waals surface area (Å²) < 4.78 is 1.85. The number of imidazole rings is 1. The SMILES string of the molecule is Cn1ccnc1-c1csc(CC(=O)O)n1. The third-order valence-electron chi connectivity index (χ3n) is 1.90. The summed E-state index contributed by atoms with van der Waals surface area (Å²) in [6.07, 6.45) is 3.48. The maximum Gasteiger partial charge on any atom is 0.310 e. The second-order valence-electron chi connectivity index (χ2n) is 3.06. The summed E-state index contributed by atoms with van der Waals surface area (Å²) in [4.78, 5) is 18.8. The van der Waals surface area contributed by atoms with Crippen molar-refractivity contribution in [1.29, 1.82) is 0 Å². The van der Waals surface area contributed by atoms with Gasteiger partial charge in [-0.15, -0.1) is 11.3 Å². The molecule has 0 bridgehead atoms. The van der Waals surface area contributed by atoms with Gasteiger partial charge in [-0.2, -0.15) is 0 Å². The fraction of sp³-hybridized carbons (Fsp3) is 0.222. The molecular formula is C9H9N3O2S. The molecule has 15 heavy (non-hydrogen) atoms. The predicted molar refractivity (Wildman–Crippen MR) is 55.7 cm³/mol. The van der Waals surface area contributed by atoms with Gasteiger partial charge in [0.2, 0.25) is 0 Å². The topological polar surface area (TPSA) is 68.0 Å². The lowest BCUT2D eigenvalue weighted by Crippen LogP contribution is -1.99. The van der Waals surface area contributed by atoms with E-state index in [4.69, 9.17) is 5.11 Å². The molecular weight excluding hydrogens is 214 g/mol. The van der Waals surface area contributed by atoms with Gasteiger partial charge in [0.25, 0.3) is 0 Å². The van der Waals surface area contributed by atoms with E-state index in [0.717, 1.165) is 11.5 Å². The van der Waals surface area contributed by atoms with Crippen molar-refractivity contribution in [2.45, 2.75) is 6.42 Å². The molecule has 0 amide bonds. The van der Waals surface area contributed by atoms with E-state index in [2.05, 4.69) is 9.97 Å². The quantitative estimate of drug-likeness (QED) is 0.848. The van der Waals surface area contributed by atoms with Crippen molar-refractivity contribution in [2.75, 3.05) is 0 Å². The molecule has 6 heteroatoms. The van der Waals surface area contributed by atoms with Gasteiger partial charge in [-0.05, 0) is 0 Å². The van der Waals surface area contributed by atoms with Crippen molar-refractivity contribution in [3.63, 3.8) is 0 Å². The number of aryl methyl sites for hydroxylation is 1. The number of aliphatic carboxylic acids is 1. The molecule has 0 saturated heterocycles. The number of nitrogens with zero attached hydrogens (tertiary/aromatic N) is 3. The molecule has 0 spiro atoms. The van der Waals surface area contributed by atoms with Gasteiger partial charge < -0.3 is 9.67 Å². The molecule has 0 fully saturated rings. The highest BCUT2D eigenvalue weighted by atomic mass is 32.1. The van der Waals surface area contributed by atoms with Crippen LogP contribution in [0.15, 0.2) is 17.8 Å². The van der Waals surface area contributed by atoms with Crippen LogP contribution in [0.1, 0.15) is 5.01 Å². The van der Waals surface area contributed by atoms with Crippen LogP contribution in [0.5, 0.6) is 0 Å². The van der Waals surface area contributed by atoms with Crippen LogP contribution in [0.3, 0.4) is 0 Å². The summed E-state index contributed by atoms with van der Waals surface area (Å²) in [5.41, 5.74) is 0.726. The molecule has 2 heterocycles. The minimum Gasteiger partial charge on any atom is -0.481 e. The summed E-state index contributed by atoms with van der Waals surface area (Å²) in [5.74, 6) is -0.112. The first-order chi connectivity index (χ1) is 7.16. The molecule has 0 radical (unpaired) electrons. The van der Waals surface area contributed by atoms with Crippen LogP contribution in [0.2, 0.25) is 0 Å². The average molecular weight is 223 g/mol. The van der Waals surface area contributed by atoms with Gasteiger partial charge in [0.05, 0.1) is 6.42 Å². The second kappa shape index (κ2) is 3.82. The Hall–Kier alpha value is -1.69. The van der Waals surface area contributed by atoms with E-state index in [0.29, 0.717) is 5.01 Å². The Labute approximate surface area is 90.0 Å². The number of thiazole rings is 1. The van der Waals surface area contributed by atoms with Crippen molar-refractivity contribution >= 4 is 17.3 Å². The highest BCUT2D eigenvalue weighted by Crippen LogP contribution is 2.19. The lowest BCUT2D eigenvalue weighted by Gasteiger charge is -1.95. The fourth-order valence-electron chi connectivity index (χ4n) is 1.24. The predicted octanol–water partition coefficient (Wildman–Crippen LogP) is 1.17. The summed E-state index contributed by atoms with van der Waals surface area (Å²) in [6, 6.07) is 0. The molecule has 2 aromatic heterocycles. The summed E-state index contributed by atoms with van der Waals surface area (Å²) in [6.45, 7) is 0. The maximum absolute atomic E-state index is 10.5. The molecule has 2 rings (SSSR count). The molecule has 0 aliphatic rings. The smallest absolute Gasteiger partial charge is 0.310 e. The fourth-order valence-corrected chi connectivity index (χ4v) is 2.00. The minimum atomic E-state index is -0.865. The molecule has 2 aromatic rings. The normalized spacial score (nSPS) is 10.5. The van der Waals surface area contributed by atoms with Crippen molar-refractivity contribution in [3.05, 3.63) is 22.8 Å². The number of carboxylic acid groups (broad SMARTS) is 1. The van der Waals surface area contributed by atoms with Gasteiger partial charge >= 0.3 is 5.97 Å². The first-order valence-corrected chi connectivity index (χ1v) is 5.18. The van der Waals surface area contributed by atoms with Crippen LogP contribution in [0.4, 0.5) is 0 Å².